The standard InChI is InChI=1S/C20H24N2O4S/c1-15-3-5-16(6-4-15)20(23)21-10-12-27(24,25)22-11-9-17-13-19(26-2)8-7-18(17)14-22/h3-8,13H,9-12,14H2,1-2H3,(H,21,23). The number of fused-ring (bicyclic) bond motifs is 1. The molecule has 0 atom stereocenters. The third-order valence-corrected chi connectivity index (χ3v) is 6.56. The number of amides is 1. The fraction of sp³-hybridized carbons (Fsp3) is 0.350. The van der Waals surface area contributed by atoms with E-state index in [0.29, 0.717) is 25.1 Å². The smallest absolute Gasteiger partial charge is 0.251 e. The molecule has 2 aromatic carbocycles. The summed E-state index contributed by atoms with van der Waals surface area (Å²) in [6, 6.07) is 12.9. The Morgan fingerprint density at radius 1 is 1.15 bits per heavy atom. The highest BCUT2D eigenvalue weighted by Gasteiger charge is 2.26. The van der Waals surface area contributed by atoms with Crippen LogP contribution < -0.4 is 10.1 Å². The topological polar surface area (TPSA) is 75.7 Å². The molecule has 1 amide bonds. The van der Waals surface area contributed by atoms with Crippen LogP contribution in [0.5, 0.6) is 5.75 Å². The second-order valence-corrected chi connectivity index (χ2v) is 8.74. The molecule has 0 spiro atoms. The predicted octanol–water partition coefficient (Wildman–Crippen LogP) is 2.12. The van der Waals surface area contributed by atoms with Crippen molar-refractivity contribution in [2.45, 2.75) is 19.9 Å². The molecule has 144 valence electrons. The average molecular weight is 388 g/mol. The summed E-state index contributed by atoms with van der Waals surface area (Å²) < 4.78 is 32.0. The highest BCUT2D eigenvalue weighted by Crippen LogP contribution is 2.25. The lowest BCUT2D eigenvalue weighted by Crippen LogP contribution is -2.40. The molecule has 0 bridgehead atoms. The number of rotatable bonds is 6. The number of sulfonamides is 1. The lowest BCUT2D eigenvalue weighted by atomic mass is 10.0. The third-order valence-electron chi connectivity index (χ3n) is 4.74. The van der Waals surface area contributed by atoms with E-state index in [1.54, 1.807) is 19.2 Å². The fourth-order valence-electron chi connectivity index (χ4n) is 3.10. The molecular weight excluding hydrogens is 364 g/mol. The number of hydrogen-bond acceptors (Lipinski definition) is 4. The molecule has 0 unspecified atom stereocenters. The molecule has 0 aromatic heterocycles. The van der Waals surface area contributed by atoms with Crippen molar-refractivity contribution in [2.24, 2.45) is 0 Å². The molecule has 3 rings (SSSR count). The Kier molecular flexibility index (Phi) is 5.82. The monoisotopic (exact) mass is 388 g/mol. The van der Waals surface area contributed by atoms with Crippen molar-refractivity contribution < 1.29 is 17.9 Å². The van der Waals surface area contributed by atoms with Gasteiger partial charge in [-0.1, -0.05) is 23.8 Å². The molecule has 0 radical (unpaired) electrons. The van der Waals surface area contributed by atoms with Gasteiger partial charge in [0.25, 0.3) is 5.91 Å². The molecule has 0 aliphatic carbocycles. The van der Waals surface area contributed by atoms with E-state index in [4.69, 9.17) is 4.74 Å². The molecule has 1 heterocycles. The molecule has 1 N–H and O–H groups in total. The summed E-state index contributed by atoms with van der Waals surface area (Å²) in [5.74, 6) is 0.404. The van der Waals surface area contributed by atoms with Crippen molar-refractivity contribution in [3.63, 3.8) is 0 Å². The molecule has 0 saturated carbocycles. The molecule has 27 heavy (non-hydrogen) atoms. The number of aryl methyl sites for hydroxylation is 1. The van der Waals surface area contributed by atoms with Crippen LogP contribution in [0.3, 0.4) is 0 Å². The van der Waals surface area contributed by atoms with Gasteiger partial charge < -0.3 is 10.1 Å². The van der Waals surface area contributed by atoms with Crippen molar-refractivity contribution in [3.8, 4) is 5.75 Å². The number of ether oxygens (including phenoxy) is 1. The summed E-state index contributed by atoms with van der Waals surface area (Å²) in [7, 11) is -1.82. The highest BCUT2D eigenvalue weighted by atomic mass is 32.2. The Morgan fingerprint density at radius 3 is 2.59 bits per heavy atom. The molecular formula is C20H24N2O4S. The van der Waals surface area contributed by atoms with E-state index in [1.807, 2.05) is 37.3 Å². The van der Waals surface area contributed by atoms with Crippen molar-refractivity contribution in [1.82, 2.24) is 9.62 Å². The minimum absolute atomic E-state index is 0.0843. The first-order valence-corrected chi connectivity index (χ1v) is 10.5. The van der Waals surface area contributed by atoms with Crippen LogP contribution >= 0.6 is 0 Å². The van der Waals surface area contributed by atoms with Gasteiger partial charge in [0.1, 0.15) is 5.75 Å². The predicted molar refractivity (Wildman–Crippen MR) is 104 cm³/mol. The maximum atomic E-state index is 12.6. The van der Waals surface area contributed by atoms with Gasteiger partial charge in [-0.3, -0.25) is 4.79 Å². The molecule has 7 heteroatoms. The van der Waals surface area contributed by atoms with Crippen LogP contribution in [-0.2, 0) is 23.0 Å². The van der Waals surface area contributed by atoms with Gasteiger partial charge in [0.05, 0.1) is 12.9 Å². The van der Waals surface area contributed by atoms with Gasteiger partial charge in [-0.2, -0.15) is 4.31 Å². The van der Waals surface area contributed by atoms with Gasteiger partial charge in [0, 0.05) is 25.2 Å². The SMILES string of the molecule is COc1ccc2c(c1)CCN(S(=O)(=O)CCNC(=O)c1ccc(C)cc1)C2. The van der Waals surface area contributed by atoms with Crippen LogP contribution in [0.15, 0.2) is 42.5 Å². The maximum Gasteiger partial charge on any atom is 0.251 e. The summed E-state index contributed by atoms with van der Waals surface area (Å²) in [5.41, 5.74) is 3.71. The zero-order chi connectivity index (χ0) is 19.4. The van der Waals surface area contributed by atoms with E-state index >= 15 is 0 Å². The van der Waals surface area contributed by atoms with Crippen LogP contribution in [0.4, 0.5) is 0 Å². The number of nitrogens with zero attached hydrogens (tertiary/aromatic N) is 1. The van der Waals surface area contributed by atoms with Crippen molar-refractivity contribution >= 4 is 15.9 Å². The molecule has 6 nitrogen and oxygen atoms in total. The van der Waals surface area contributed by atoms with E-state index in [0.717, 1.165) is 22.4 Å². The van der Waals surface area contributed by atoms with E-state index in [2.05, 4.69) is 5.32 Å². The second kappa shape index (κ2) is 8.10. The van der Waals surface area contributed by atoms with E-state index < -0.39 is 10.0 Å². The number of carbonyl (C=O) groups excluding carboxylic acids is 1. The highest BCUT2D eigenvalue weighted by molar-refractivity contribution is 7.89. The molecule has 1 aliphatic rings. The Hall–Kier alpha value is -2.38. The van der Waals surface area contributed by atoms with Crippen LogP contribution in [0.1, 0.15) is 27.0 Å². The van der Waals surface area contributed by atoms with Crippen molar-refractivity contribution in [2.75, 3.05) is 26.0 Å². The van der Waals surface area contributed by atoms with Crippen LogP contribution in [0.25, 0.3) is 0 Å². The number of nitrogens with one attached hydrogen (secondary N) is 1. The molecule has 2 aromatic rings. The van der Waals surface area contributed by atoms with E-state index in [9.17, 15) is 13.2 Å². The third kappa shape index (κ3) is 4.67. The van der Waals surface area contributed by atoms with Crippen LogP contribution in [-0.4, -0.2) is 44.6 Å². The first-order valence-electron chi connectivity index (χ1n) is 8.87. The summed E-state index contributed by atoms with van der Waals surface area (Å²) in [6.07, 6.45) is 0.654. The number of methoxy groups -OCH3 is 1. The Morgan fingerprint density at radius 2 is 1.89 bits per heavy atom. The van der Waals surface area contributed by atoms with Gasteiger partial charge in [-0.15, -0.1) is 0 Å². The Labute approximate surface area is 160 Å². The minimum Gasteiger partial charge on any atom is -0.497 e. The normalized spacial score (nSPS) is 14.4. The molecule has 1 aliphatic heterocycles. The quantitative estimate of drug-likeness (QED) is 0.823. The van der Waals surface area contributed by atoms with E-state index in [-0.39, 0.29) is 18.2 Å². The maximum absolute atomic E-state index is 12.6. The lowest BCUT2D eigenvalue weighted by molar-refractivity contribution is 0.0956. The largest absolute Gasteiger partial charge is 0.497 e. The molecule has 0 fully saturated rings. The second-order valence-electron chi connectivity index (χ2n) is 6.66. The Balaban J connectivity index is 1.57. The minimum atomic E-state index is -3.44. The first-order chi connectivity index (χ1) is 12.9. The van der Waals surface area contributed by atoms with E-state index in [1.165, 1.54) is 4.31 Å². The average Bonchev–Trinajstić information content (AvgIpc) is 2.67. The van der Waals surface area contributed by atoms with Gasteiger partial charge in [-0.25, -0.2) is 8.42 Å². The van der Waals surface area contributed by atoms with Gasteiger partial charge in [-0.05, 0) is 48.7 Å². The van der Waals surface area contributed by atoms with Crippen LogP contribution in [0, 0.1) is 6.92 Å². The Bertz CT molecular complexity index is 923. The van der Waals surface area contributed by atoms with Gasteiger partial charge in [0.15, 0.2) is 0 Å². The fourth-order valence-corrected chi connectivity index (χ4v) is 4.42. The zero-order valence-corrected chi connectivity index (χ0v) is 16.4. The van der Waals surface area contributed by atoms with Gasteiger partial charge >= 0.3 is 0 Å². The number of carbonyl (C=O) groups is 1. The number of benzene rings is 2. The summed E-state index contributed by atoms with van der Waals surface area (Å²) in [5, 5.41) is 2.69. The van der Waals surface area contributed by atoms with Crippen LogP contribution in [0.2, 0.25) is 0 Å². The van der Waals surface area contributed by atoms with Crippen molar-refractivity contribution in [1.29, 1.82) is 0 Å². The molecule has 0 saturated heterocycles. The van der Waals surface area contributed by atoms with Crippen molar-refractivity contribution in [3.05, 3.63) is 64.7 Å². The first kappa shape index (κ1) is 19.4. The zero-order valence-electron chi connectivity index (χ0n) is 15.6. The number of hydrogen-bond donors (Lipinski definition) is 1. The summed E-state index contributed by atoms with van der Waals surface area (Å²) in [6.45, 7) is 2.82. The summed E-state index contributed by atoms with van der Waals surface area (Å²) >= 11 is 0. The summed E-state index contributed by atoms with van der Waals surface area (Å²) in [4.78, 5) is 12.1. The lowest BCUT2D eigenvalue weighted by Gasteiger charge is -2.28. The van der Waals surface area contributed by atoms with Gasteiger partial charge in [0.2, 0.25) is 10.0 Å².